The summed E-state index contributed by atoms with van der Waals surface area (Å²) < 4.78 is 0. The minimum Gasteiger partial charge on any atom is -0.354 e. The van der Waals surface area contributed by atoms with Crippen molar-refractivity contribution >= 4 is 17.2 Å². The van der Waals surface area contributed by atoms with E-state index in [0.717, 1.165) is 0 Å². The van der Waals surface area contributed by atoms with E-state index in [2.05, 4.69) is 35.5 Å². The largest absolute Gasteiger partial charge is 0.354 e. The molecule has 96 valence electrons. The van der Waals surface area contributed by atoms with Gasteiger partial charge in [0.1, 0.15) is 0 Å². The van der Waals surface area contributed by atoms with E-state index in [1.54, 1.807) is 11.3 Å². The molecule has 17 heavy (non-hydrogen) atoms. The highest BCUT2D eigenvalue weighted by molar-refractivity contribution is 7.10. The van der Waals surface area contributed by atoms with Crippen molar-refractivity contribution in [2.45, 2.75) is 26.3 Å². The summed E-state index contributed by atoms with van der Waals surface area (Å²) in [4.78, 5) is 15.1. The molecule has 0 aromatic carbocycles. The smallest absolute Gasteiger partial charge is 0.220 e. The van der Waals surface area contributed by atoms with Gasteiger partial charge in [-0.1, -0.05) is 19.9 Å². The van der Waals surface area contributed by atoms with E-state index in [1.165, 1.54) is 4.88 Å². The van der Waals surface area contributed by atoms with Gasteiger partial charge in [0.25, 0.3) is 0 Å². The van der Waals surface area contributed by atoms with Crippen LogP contribution in [0.1, 0.15) is 31.2 Å². The standard InChI is InChI=1S/C13H22N2OS/c1-10(2)8-13(16)14-9-11(15(3)4)12-6-5-7-17-12/h5-7,10-11H,8-9H2,1-4H3,(H,14,16)/t11-/m1/s1. The second-order valence-electron chi connectivity index (χ2n) is 4.90. The van der Waals surface area contributed by atoms with Crippen molar-refractivity contribution in [2.75, 3.05) is 20.6 Å². The zero-order valence-corrected chi connectivity index (χ0v) is 11.9. The zero-order chi connectivity index (χ0) is 12.8. The molecular formula is C13H22N2OS. The first-order valence-corrected chi connectivity index (χ1v) is 6.85. The first-order valence-electron chi connectivity index (χ1n) is 5.97. The van der Waals surface area contributed by atoms with E-state index in [-0.39, 0.29) is 11.9 Å². The van der Waals surface area contributed by atoms with Crippen LogP contribution in [0.25, 0.3) is 0 Å². The van der Waals surface area contributed by atoms with Crippen LogP contribution in [0, 0.1) is 5.92 Å². The van der Waals surface area contributed by atoms with Gasteiger partial charge in [-0.2, -0.15) is 0 Å². The van der Waals surface area contributed by atoms with Crippen molar-refractivity contribution in [3.05, 3.63) is 22.4 Å². The molecule has 0 fully saturated rings. The summed E-state index contributed by atoms with van der Waals surface area (Å²) in [6.07, 6.45) is 0.602. The van der Waals surface area contributed by atoms with E-state index in [9.17, 15) is 4.79 Å². The van der Waals surface area contributed by atoms with Crippen LogP contribution in [0.4, 0.5) is 0 Å². The normalized spacial score (nSPS) is 13.1. The number of rotatable bonds is 6. The molecule has 1 atom stereocenters. The van der Waals surface area contributed by atoms with Gasteiger partial charge in [-0.05, 0) is 31.5 Å². The summed E-state index contributed by atoms with van der Waals surface area (Å²) in [6, 6.07) is 4.43. The molecule has 0 saturated carbocycles. The van der Waals surface area contributed by atoms with Crippen LogP contribution in [0.5, 0.6) is 0 Å². The second-order valence-corrected chi connectivity index (χ2v) is 5.88. The molecule has 0 aliphatic heterocycles. The fourth-order valence-electron chi connectivity index (χ4n) is 1.67. The fraction of sp³-hybridized carbons (Fsp3) is 0.615. The van der Waals surface area contributed by atoms with E-state index in [4.69, 9.17) is 0 Å². The summed E-state index contributed by atoms with van der Waals surface area (Å²) in [6.45, 7) is 4.80. The van der Waals surface area contributed by atoms with Gasteiger partial charge in [0.2, 0.25) is 5.91 Å². The first-order chi connectivity index (χ1) is 8.00. The second kappa shape index (κ2) is 6.77. The van der Waals surface area contributed by atoms with Crippen molar-refractivity contribution < 1.29 is 4.79 Å². The fourth-order valence-corrected chi connectivity index (χ4v) is 2.59. The lowest BCUT2D eigenvalue weighted by Gasteiger charge is -2.23. The lowest BCUT2D eigenvalue weighted by Crippen LogP contribution is -2.34. The summed E-state index contributed by atoms with van der Waals surface area (Å²) in [5.74, 6) is 0.554. The molecule has 3 nitrogen and oxygen atoms in total. The van der Waals surface area contributed by atoms with Gasteiger partial charge >= 0.3 is 0 Å². The summed E-state index contributed by atoms with van der Waals surface area (Å²) in [7, 11) is 4.08. The van der Waals surface area contributed by atoms with Gasteiger partial charge in [-0.3, -0.25) is 4.79 Å². The molecule has 1 aromatic rings. The van der Waals surface area contributed by atoms with Crippen molar-refractivity contribution in [1.29, 1.82) is 0 Å². The Morgan fingerprint density at radius 1 is 1.47 bits per heavy atom. The monoisotopic (exact) mass is 254 g/mol. The third kappa shape index (κ3) is 4.88. The highest BCUT2D eigenvalue weighted by Crippen LogP contribution is 2.22. The van der Waals surface area contributed by atoms with E-state index >= 15 is 0 Å². The number of likely N-dealkylation sites (N-methyl/N-ethyl adjacent to an activating group) is 1. The Morgan fingerprint density at radius 3 is 2.65 bits per heavy atom. The molecule has 0 aliphatic rings. The average Bonchev–Trinajstić information content (AvgIpc) is 2.69. The van der Waals surface area contributed by atoms with Gasteiger partial charge in [0, 0.05) is 17.8 Å². The van der Waals surface area contributed by atoms with Crippen molar-refractivity contribution in [1.82, 2.24) is 10.2 Å². The Hall–Kier alpha value is -0.870. The van der Waals surface area contributed by atoms with Crippen molar-refractivity contribution in [3.63, 3.8) is 0 Å². The minimum absolute atomic E-state index is 0.142. The van der Waals surface area contributed by atoms with Gasteiger partial charge < -0.3 is 10.2 Å². The molecule has 0 unspecified atom stereocenters. The SMILES string of the molecule is CC(C)CC(=O)NC[C@H](c1cccs1)N(C)C. The number of thiophene rings is 1. The number of amides is 1. The molecular weight excluding hydrogens is 232 g/mol. The van der Waals surface area contributed by atoms with Crippen LogP contribution in [-0.2, 0) is 4.79 Å². The molecule has 0 spiro atoms. The molecule has 0 saturated heterocycles. The Kier molecular flexibility index (Phi) is 5.65. The van der Waals surface area contributed by atoms with Crippen LogP contribution in [0.3, 0.4) is 0 Å². The quantitative estimate of drug-likeness (QED) is 0.846. The third-order valence-corrected chi connectivity index (χ3v) is 3.55. The Morgan fingerprint density at radius 2 is 2.18 bits per heavy atom. The summed E-state index contributed by atoms with van der Waals surface area (Å²) >= 11 is 1.73. The maximum absolute atomic E-state index is 11.6. The lowest BCUT2D eigenvalue weighted by atomic mass is 10.1. The molecule has 0 aliphatic carbocycles. The Labute approximate surface area is 108 Å². The highest BCUT2D eigenvalue weighted by atomic mass is 32.1. The topological polar surface area (TPSA) is 32.3 Å². The van der Waals surface area contributed by atoms with E-state index in [1.807, 2.05) is 20.2 Å². The minimum atomic E-state index is 0.142. The van der Waals surface area contributed by atoms with Crippen LogP contribution >= 0.6 is 11.3 Å². The van der Waals surface area contributed by atoms with Gasteiger partial charge in [-0.15, -0.1) is 11.3 Å². The lowest BCUT2D eigenvalue weighted by molar-refractivity contribution is -0.122. The van der Waals surface area contributed by atoms with Crippen molar-refractivity contribution in [2.24, 2.45) is 5.92 Å². The molecule has 1 N–H and O–H groups in total. The maximum Gasteiger partial charge on any atom is 0.220 e. The van der Waals surface area contributed by atoms with E-state index < -0.39 is 0 Å². The van der Waals surface area contributed by atoms with Crippen LogP contribution in [0.2, 0.25) is 0 Å². The molecule has 0 bridgehead atoms. The predicted molar refractivity (Wildman–Crippen MR) is 73.2 cm³/mol. The molecule has 1 aromatic heterocycles. The third-order valence-electron chi connectivity index (χ3n) is 2.58. The Balaban J connectivity index is 2.49. The molecule has 4 heteroatoms. The molecule has 0 radical (unpaired) electrons. The zero-order valence-electron chi connectivity index (χ0n) is 11.1. The van der Waals surface area contributed by atoms with Crippen molar-refractivity contribution in [3.8, 4) is 0 Å². The van der Waals surface area contributed by atoms with Crippen LogP contribution < -0.4 is 5.32 Å². The summed E-state index contributed by atoms with van der Waals surface area (Å²) in [5.41, 5.74) is 0. The molecule has 1 amide bonds. The number of nitrogens with one attached hydrogen (secondary N) is 1. The average molecular weight is 254 g/mol. The number of nitrogens with zero attached hydrogens (tertiary/aromatic N) is 1. The molecule has 1 rings (SSSR count). The number of hydrogen-bond donors (Lipinski definition) is 1. The molecule has 1 heterocycles. The van der Waals surface area contributed by atoms with Crippen LogP contribution in [0.15, 0.2) is 17.5 Å². The predicted octanol–water partition coefficient (Wildman–Crippen LogP) is 2.51. The maximum atomic E-state index is 11.6. The first kappa shape index (κ1) is 14.2. The number of hydrogen-bond acceptors (Lipinski definition) is 3. The van der Waals surface area contributed by atoms with E-state index in [0.29, 0.717) is 18.9 Å². The number of carbonyl (C=O) groups excluding carboxylic acids is 1. The van der Waals surface area contributed by atoms with Gasteiger partial charge in [0.15, 0.2) is 0 Å². The van der Waals surface area contributed by atoms with Gasteiger partial charge in [-0.25, -0.2) is 0 Å². The van der Waals surface area contributed by atoms with Gasteiger partial charge in [0.05, 0.1) is 6.04 Å². The highest BCUT2D eigenvalue weighted by Gasteiger charge is 2.16. The van der Waals surface area contributed by atoms with Crippen LogP contribution in [-0.4, -0.2) is 31.4 Å². The summed E-state index contributed by atoms with van der Waals surface area (Å²) in [5, 5.41) is 5.08. The Bertz CT molecular complexity index is 333. The number of carbonyl (C=O) groups is 1.